The maximum Gasteiger partial charge on any atom is 0.384 e. The monoisotopic (exact) mass is 204 g/mol. The molecule has 1 N–H and O–H groups in total. The Morgan fingerprint density at radius 1 is 1.53 bits per heavy atom. The van der Waals surface area contributed by atoms with E-state index >= 15 is 0 Å². The molecule has 0 spiro atoms. The standard InChI is InChI=1S/C12H12O3/c1-9-4-3-5-10(8-9)11(13)6-7-12(14)15-2/h3-5,8,11,13H,1-2H3/t11-/m0/s1. The lowest BCUT2D eigenvalue weighted by Crippen LogP contribution is -1.98. The molecule has 0 saturated heterocycles. The van der Waals surface area contributed by atoms with Gasteiger partial charge in [0.1, 0.15) is 6.10 Å². The van der Waals surface area contributed by atoms with Crippen LogP contribution in [0, 0.1) is 18.8 Å². The molecule has 0 bridgehead atoms. The highest BCUT2D eigenvalue weighted by Crippen LogP contribution is 2.12. The molecule has 1 rings (SSSR count). The van der Waals surface area contributed by atoms with Crippen molar-refractivity contribution in [2.75, 3.05) is 7.11 Å². The Labute approximate surface area is 88.7 Å². The van der Waals surface area contributed by atoms with Gasteiger partial charge < -0.3 is 9.84 Å². The van der Waals surface area contributed by atoms with Gasteiger partial charge in [-0.05, 0) is 12.5 Å². The van der Waals surface area contributed by atoms with E-state index in [9.17, 15) is 9.90 Å². The lowest BCUT2D eigenvalue weighted by molar-refractivity contribution is -0.133. The molecule has 0 aliphatic carbocycles. The first-order valence-corrected chi connectivity index (χ1v) is 4.47. The predicted octanol–water partition coefficient (Wildman–Crippen LogP) is 1.20. The van der Waals surface area contributed by atoms with Gasteiger partial charge in [-0.2, -0.15) is 0 Å². The zero-order chi connectivity index (χ0) is 11.3. The van der Waals surface area contributed by atoms with Crippen LogP contribution in [0.1, 0.15) is 17.2 Å². The number of hydrogen-bond acceptors (Lipinski definition) is 3. The zero-order valence-corrected chi connectivity index (χ0v) is 8.65. The normalized spacial score (nSPS) is 11.1. The molecule has 0 fully saturated rings. The van der Waals surface area contributed by atoms with Crippen LogP contribution in [-0.2, 0) is 9.53 Å². The molecule has 15 heavy (non-hydrogen) atoms. The largest absolute Gasteiger partial charge is 0.459 e. The van der Waals surface area contributed by atoms with Crippen LogP contribution in [0.4, 0.5) is 0 Å². The summed E-state index contributed by atoms with van der Waals surface area (Å²) in [5.41, 5.74) is 1.71. The second-order valence-electron chi connectivity index (χ2n) is 3.08. The first-order chi connectivity index (χ1) is 7.13. The van der Waals surface area contributed by atoms with Crippen molar-refractivity contribution < 1.29 is 14.6 Å². The third-order valence-corrected chi connectivity index (χ3v) is 1.85. The highest BCUT2D eigenvalue weighted by Gasteiger charge is 2.03. The van der Waals surface area contributed by atoms with Crippen molar-refractivity contribution in [2.24, 2.45) is 0 Å². The quantitative estimate of drug-likeness (QED) is 0.425. The van der Waals surface area contributed by atoms with Crippen molar-refractivity contribution in [3.05, 3.63) is 35.4 Å². The van der Waals surface area contributed by atoms with Crippen molar-refractivity contribution in [1.82, 2.24) is 0 Å². The van der Waals surface area contributed by atoms with Crippen LogP contribution in [-0.4, -0.2) is 18.2 Å². The zero-order valence-electron chi connectivity index (χ0n) is 8.65. The molecule has 1 aromatic rings. The molecule has 0 unspecified atom stereocenters. The van der Waals surface area contributed by atoms with Crippen LogP contribution in [0.25, 0.3) is 0 Å². The Kier molecular flexibility index (Phi) is 3.90. The Morgan fingerprint density at radius 2 is 2.27 bits per heavy atom. The van der Waals surface area contributed by atoms with E-state index in [1.54, 1.807) is 6.07 Å². The van der Waals surface area contributed by atoms with Gasteiger partial charge in [0.15, 0.2) is 0 Å². The van der Waals surface area contributed by atoms with Crippen LogP contribution in [0.2, 0.25) is 0 Å². The molecule has 0 aromatic heterocycles. The van der Waals surface area contributed by atoms with Crippen LogP contribution < -0.4 is 0 Å². The second kappa shape index (κ2) is 5.18. The molecule has 0 heterocycles. The minimum absolute atomic E-state index is 0.651. The fourth-order valence-electron chi connectivity index (χ4n) is 1.10. The number of aryl methyl sites for hydroxylation is 1. The van der Waals surface area contributed by atoms with Gasteiger partial charge in [-0.3, -0.25) is 0 Å². The summed E-state index contributed by atoms with van der Waals surface area (Å²) in [5.74, 6) is 3.95. The Balaban J connectivity index is 2.80. The number of ether oxygens (including phenoxy) is 1. The molecule has 0 radical (unpaired) electrons. The van der Waals surface area contributed by atoms with Gasteiger partial charge in [0.2, 0.25) is 0 Å². The minimum Gasteiger partial charge on any atom is -0.459 e. The third-order valence-electron chi connectivity index (χ3n) is 1.85. The number of rotatable bonds is 1. The lowest BCUT2D eigenvalue weighted by atomic mass is 10.1. The SMILES string of the molecule is COC(=O)C#C[C@H](O)c1cccc(C)c1. The van der Waals surface area contributed by atoms with Gasteiger partial charge in [-0.25, -0.2) is 4.79 Å². The average molecular weight is 204 g/mol. The average Bonchev–Trinajstić information content (AvgIpc) is 2.25. The van der Waals surface area contributed by atoms with E-state index in [0.29, 0.717) is 5.56 Å². The summed E-state index contributed by atoms with van der Waals surface area (Å²) in [7, 11) is 1.25. The number of aliphatic hydroxyl groups excluding tert-OH is 1. The number of carbonyl (C=O) groups excluding carboxylic acids is 1. The maximum atomic E-state index is 10.7. The number of hydrogen-bond donors (Lipinski definition) is 1. The Bertz CT molecular complexity index is 412. The van der Waals surface area contributed by atoms with Crippen LogP contribution in [0.3, 0.4) is 0 Å². The van der Waals surface area contributed by atoms with Gasteiger partial charge in [-0.1, -0.05) is 35.7 Å². The number of benzene rings is 1. The lowest BCUT2D eigenvalue weighted by Gasteiger charge is -2.03. The number of carbonyl (C=O) groups is 1. The highest BCUT2D eigenvalue weighted by molar-refractivity contribution is 5.88. The van der Waals surface area contributed by atoms with Gasteiger partial charge in [-0.15, -0.1) is 0 Å². The minimum atomic E-state index is -0.955. The van der Waals surface area contributed by atoms with E-state index in [4.69, 9.17) is 0 Å². The molecular formula is C12H12O3. The van der Waals surface area contributed by atoms with Crippen molar-refractivity contribution in [3.8, 4) is 11.8 Å². The molecule has 1 atom stereocenters. The molecule has 3 nitrogen and oxygen atoms in total. The molecule has 0 aliphatic heterocycles. The van der Waals surface area contributed by atoms with Gasteiger partial charge in [0.05, 0.1) is 7.11 Å². The summed E-state index contributed by atoms with van der Waals surface area (Å²) in [6.45, 7) is 1.92. The summed E-state index contributed by atoms with van der Waals surface area (Å²) in [6, 6.07) is 7.32. The fraction of sp³-hybridized carbons (Fsp3) is 0.250. The van der Waals surface area contributed by atoms with Crippen LogP contribution >= 0.6 is 0 Å². The summed E-state index contributed by atoms with van der Waals surface area (Å²) < 4.78 is 4.34. The van der Waals surface area contributed by atoms with E-state index in [1.807, 2.05) is 25.1 Å². The summed E-state index contributed by atoms with van der Waals surface area (Å²) in [5, 5.41) is 9.61. The van der Waals surface area contributed by atoms with Gasteiger partial charge in [0.25, 0.3) is 0 Å². The summed E-state index contributed by atoms with van der Waals surface area (Å²) in [4.78, 5) is 10.7. The molecule has 0 amide bonds. The van der Waals surface area contributed by atoms with E-state index in [2.05, 4.69) is 16.6 Å². The summed E-state index contributed by atoms with van der Waals surface area (Å²) in [6.07, 6.45) is -0.955. The molecule has 0 aliphatic rings. The maximum absolute atomic E-state index is 10.7. The Hall–Kier alpha value is -1.79. The summed E-state index contributed by atoms with van der Waals surface area (Å²) >= 11 is 0. The predicted molar refractivity (Wildman–Crippen MR) is 55.9 cm³/mol. The van der Waals surface area contributed by atoms with Crippen molar-refractivity contribution in [2.45, 2.75) is 13.0 Å². The number of methoxy groups -OCH3 is 1. The smallest absolute Gasteiger partial charge is 0.384 e. The van der Waals surface area contributed by atoms with Crippen LogP contribution in [0.5, 0.6) is 0 Å². The van der Waals surface area contributed by atoms with E-state index < -0.39 is 12.1 Å². The number of esters is 1. The van der Waals surface area contributed by atoms with E-state index in [1.165, 1.54) is 7.11 Å². The second-order valence-corrected chi connectivity index (χ2v) is 3.08. The van der Waals surface area contributed by atoms with Crippen molar-refractivity contribution in [1.29, 1.82) is 0 Å². The molecule has 3 heteroatoms. The molecule has 1 aromatic carbocycles. The molecular weight excluding hydrogens is 192 g/mol. The van der Waals surface area contributed by atoms with Crippen LogP contribution in [0.15, 0.2) is 24.3 Å². The topological polar surface area (TPSA) is 46.5 Å². The van der Waals surface area contributed by atoms with Gasteiger partial charge >= 0.3 is 5.97 Å². The van der Waals surface area contributed by atoms with E-state index in [0.717, 1.165) is 5.56 Å². The molecule has 0 saturated carbocycles. The Morgan fingerprint density at radius 3 is 2.87 bits per heavy atom. The fourth-order valence-corrected chi connectivity index (χ4v) is 1.10. The first-order valence-electron chi connectivity index (χ1n) is 4.47. The highest BCUT2D eigenvalue weighted by atomic mass is 16.5. The van der Waals surface area contributed by atoms with Crippen molar-refractivity contribution in [3.63, 3.8) is 0 Å². The van der Waals surface area contributed by atoms with E-state index in [-0.39, 0.29) is 0 Å². The number of aliphatic hydroxyl groups is 1. The molecule has 78 valence electrons. The third kappa shape index (κ3) is 3.45. The van der Waals surface area contributed by atoms with Gasteiger partial charge in [0, 0.05) is 5.92 Å². The van der Waals surface area contributed by atoms with Crippen molar-refractivity contribution >= 4 is 5.97 Å². The first kappa shape index (κ1) is 11.3.